The molecule has 0 spiro atoms. The Balaban J connectivity index is 2.58. The van der Waals surface area contributed by atoms with E-state index < -0.39 is 6.10 Å². The predicted molar refractivity (Wildman–Crippen MR) is 64.1 cm³/mol. The quantitative estimate of drug-likeness (QED) is 0.780. The summed E-state index contributed by atoms with van der Waals surface area (Å²) in [4.78, 5) is 13.2. The lowest BCUT2D eigenvalue weighted by atomic mass is 10.1. The van der Waals surface area contributed by atoms with Crippen LogP contribution in [0.4, 0.5) is 0 Å². The molecule has 0 radical (unpaired) electrons. The van der Waals surface area contributed by atoms with Gasteiger partial charge in [0.2, 0.25) is 0 Å². The van der Waals surface area contributed by atoms with Crippen LogP contribution in [0, 0.1) is 0 Å². The van der Waals surface area contributed by atoms with Gasteiger partial charge in [0, 0.05) is 14.1 Å². The monoisotopic (exact) mass is 221 g/mol. The van der Waals surface area contributed by atoms with E-state index in [2.05, 4.69) is 0 Å². The van der Waals surface area contributed by atoms with Crippen molar-refractivity contribution in [1.82, 2.24) is 4.90 Å². The minimum atomic E-state index is -0.412. The highest BCUT2D eigenvalue weighted by molar-refractivity contribution is 5.79. The molecule has 1 aromatic rings. The zero-order valence-electron chi connectivity index (χ0n) is 10.3. The summed E-state index contributed by atoms with van der Waals surface area (Å²) >= 11 is 0. The van der Waals surface area contributed by atoms with Gasteiger partial charge in [0.1, 0.15) is 6.10 Å². The lowest BCUT2D eigenvalue weighted by molar-refractivity contribution is -0.143. The zero-order valence-corrected chi connectivity index (χ0v) is 10.3. The van der Waals surface area contributed by atoms with Crippen molar-refractivity contribution < 1.29 is 9.53 Å². The number of nitrogens with zero attached hydrogens (tertiary/aromatic N) is 1. The van der Waals surface area contributed by atoms with E-state index in [1.807, 2.05) is 37.3 Å². The lowest BCUT2D eigenvalue weighted by Gasteiger charge is -2.21. The van der Waals surface area contributed by atoms with Crippen molar-refractivity contribution in [1.29, 1.82) is 0 Å². The number of hydrogen-bond donors (Lipinski definition) is 0. The largest absolute Gasteiger partial charge is 0.361 e. The van der Waals surface area contributed by atoms with Gasteiger partial charge in [0.15, 0.2) is 0 Å². The second-order valence-electron chi connectivity index (χ2n) is 4.06. The molecule has 1 aromatic carbocycles. The third kappa shape index (κ3) is 3.35. The Labute approximate surface area is 97.0 Å². The molecule has 0 heterocycles. The topological polar surface area (TPSA) is 29.5 Å². The van der Waals surface area contributed by atoms with E-state index in [9.17, 15) is 4.79 Å². The first-order valence-corrected chi connectivity index (χ1v) is 5.44. The molecule has 3 nitrogen and oxygen atoms in total. The van der Waals surface area contributed by atoms with E-state index in [0.29, 0.717) is 0 Å². The van der Waals surface area contributed by atoms with Crippen molar-refractivity contribution in [2.24, 2.45) is 0 Å². The Morgan fingerprint density at radius 1 is 1.19 bits per heavy atom. The first kappa shape index (κ1) is 12.7. The van der Waals surface area contributed by atoms with Gasteiger partial charge in [-0.3, -0.25) is 4.79 Å². The van der Waals surface area contributed by atoms with Crippen LogP contribution in [0.3, 0.4) is 0 Å². The van der Waals surface area contributed by atoms with Crippen LogP contribution in [-0.2, 0) is 9.53 Å². The molecule has 0 saturated carbocycles. The molecule has 0 aliphatic heterocycles. The van der Waals surface area contributed by atoms with Crippen LogP contribution in [0.15, 0.2) is 30.3 Å². The average Bonchev–Trinajstić information content (AvgIpc) is 2.28. The molecule has 0 aromatic heterocycles. The highest BCUT2D eigenvalue weighted by Gasteiger charge is 2.18. The van der Waals surface area contributed by atoms with E-state index in [1.54, 1.807) is 25.9 Å². The molecular formula is C13H19NO2. The summed E-state index contributed by atoms with van der Waals surface area (Å²) in [5, 5.41) is 0. The van der Waals surface area contributed by atoms with Gasteiger partial charge in [0.25, 0.3) is 5.91 Å². The van der Waals surface area contributed by atoms with Crippen LogP contribution in [0.2, 0.25) is 0 Å². The summed E-state index contributed by atoms with van der Waals surface area (Å²) in [6, 6.07) is 9.89. The van der Waals surface area contributed by atoms with E-state index >= 15 is 0 Å². The van der Waals surface area contributed by atoms with E-state index in [0.717, 1.165) is 5.56 Å². The van der Waals surface area contributed by atoms with Crippen molar-refractivity contribution in [3.8, 4) is 0 Å². The van der Waals surface area contributed by atoms with Gasteiger partial charge in [-0.05, 0) is 19.4 Å². The fraction of sp³-hybridized carbons (Fsp3) is 0.462. The number of amides is 1. The maximum atomic E-state index is 11.6. The Morgan fingerprint density at radius 3 is 2.25 bits per heavy atom. The van der Waals surface area contributed by atoms with Gasteiger partial charge >= 0.3 is 0 Å². The molecule has 3 heteroatoms. The highest BCUT2D eigenvalue weighted by Crippen LogP contribution is 2.18. The van der Waals surface area contributed by atoms with E-state index in [-0.39, 0.29) is 12.0 Å². The number of benzene rings is 1. The Bertz CT molecular complexity index is 335. The van der Waals surface area contributed by atoms with Gasteiger partial charge in [-0.25, -0.2) is 0 Å². The number of carbonyl (C=O) groups is 1. The Kier molecular flexibility index (Phi) is 4.50. The summed E-state index contributed by atoms with van der Waals surface area (Å²) in [6.45, 7) is 3.73. The molecule has 0 saturated heterocycles. The third-order valence-electron chi connectivity index (χ3n) is 2.47. The van der Waals surface area contributed by atoms with Crippen LogP contribution in [-0.4, -0.2) is 31.0 Å². The minimum absolute atomic E-state index is 0.0113. The Morgan fingerprint density at radius 2 is 1.75 bits per heavy atom. The molecule has 0 fully saturated rings. The maximum absolute atomic E-state index is 11.6. The summed E-state index contributed by atoms with van der Waals surface area (Å²) in [5.74, 6) is -0.0113. The van der Waals surface area contributed by atoms with Crippen LogP contribution < -0.4 is 0 Å². The second-order valence-corrected chi connectivity index (χ2v) is 4.06. The maximum Gasteiger partial charge on any atom is 0.250 e. The van der Waals surface area contributed by atoms with Crippen molar-refractivity contribution in [2.75, 3.05) is 14.1 Å². The summed E-state index contributed by atoms with van der Waals surface area (Å²) in [6.07, 6.45) is -0.481. The standard InChI is InChI=1S/C13H19NO2/c1-10(12-8-6-5-7-9-12)16-11(2)13(15)14(3)4/h5-11H,1-4H3. The van der Waals surface area contributed by atoms with E-state index in [4.69, 9.17) is 4.74 Å². The van der Waals surface area contributed by atoms with E-state index in [1.165, 1.54) is 0 Å². The summed E-state index contributed by atoms with van der Waals surface area (Å²) in [5.41, 5.74) is 1.08. The fourth-order valence-corrected chi connectivity index (χ4v) is 1.53. The van der Waals surface area contributed by atoms with Crippen LogP contribution >= 0.6 is 0 Å². The van der Waals surface area contributed by atoms with Gasteiger partial charge in [-0.1, -0.05) is 30.3 Å². The molecule has 2 atom stereocenters. The highest BCUT2D eigenvalue weighted by atomic mass is 16.5. The summed E-state index contributed by atoms with van der Waals surface area (Å²) in [7, 11) is 3.46. The molecule has 0 aliphatic carbocycles. The fourth-order valence-electron chi connectivity index (χ4n) is 1.53. The lowest BCUT2D eigenvalue weighted by Crippen LogP contribution is -2.34. The van der Waals surface area contributed by atoms with Crippen LogP contribution in [0.25, 0.3) is 0 Å². The smallest absolute Gasteiger partial charge is 0.250 e. The van der Waals surface area contributed by atoms with Crippen molar-refractivity contribution in [3.05, 3.63) is 35.9 Å². The van der Waals surface area contributed by atoms with Gasteiger partial charge in [0.05, 0.1) is 6.10 Å². The number of rotatable bonds is 4. The average molecular weight is 221 g/mol. The first-order valence-electron chi connectivity index (χ1n) is 5.44. The molecule has 1 amide bonds. The van der Waals surface area contributed by atoms with Gasteiger partial charge in [-0.2, -0.15) is 0 Å². The number of hydrogen-bond acceptors (Lipinski definition) is 2. The molecule has 0 bridgehead atoms. The first-order chi connectivity index (χ1) is 7.52. The van der Waals surface area contributed by atoms with Crippen molar-refractivity contribution in [2.45, 2.75) is 26.1 Å². The SMILES string of the molecule is CC(OC(C)c1ccccc1)C(=O)N(C)C. The second kappa shape index (κ2) is 5.66. The van der Waals surface area contributed by atoms with Crippen LogP contribution in [0.5, 0.6) is 0 Å². The van der Waals surface area contributed by atoms with Gasteiger partial charge in [-0.15, -0.1) is 0 Å². The molecule has 0 aliphatic rings. The Hall–Kier alpha value is -1.35. The molecule has 1 rings (SSSR count). The normalized spacial score (nSPS) is 14.2. The molecule has 2 unspecified atom stereocenters. The zero-order chi connectivity index (χ0) is 12.1. The summed E-state index contributed by atoms with van der Waals surface area (Å²) < 4.78 is 5.67. The minimum Gasteiger partial charge on any atom is -0.361 e. The van der Waals surface area contributed by atoms with Crippen molar-refractivity contribution >= 4 is 5.91 Å². The number of carbonyl (C=O) groups excluding carboxylic acids is 1. The third-order valence-corrected chi connectivity index (χ3v) is 2.47. The molecular weight excluding hydrogens is 202 g/mol. The predicted octanol–water partition coefficient (Wildman–Crippen LogP) is 2.24. The molecule has 88 valence electrons. The number of likely N-dealkylation sites (N-methyl/N-ethyl adjacent to an activating group) is 1. The number of ether oxygens (including phenoxy) is 1. The molecule has 0 N–H and O–H groups in total. The van der Waals surface area contributed by atoms with Crippen molar-refractivity contribution in [3.63, 3.8) is 0 Å². The molecule has 16 heavy (non-hydrogen) atoms. The van der Waals surface area contributed by atoms with Gasteiger partial charge < -0.3 is 9.64 Å². The van der Waals surface area contributed by atoms with Crippen LogP contribution in [0.1, 0.15) is 25.5 Å².